The van der Waals surface area contributed by atoms with Crippen LogP contribution in [0.2, 0.25) is 0 Å². The molecule has 2 aliphatic rings. The monoisotopic (exact) mass is 910 g/mol. The zero-order valence-electron chi connectivity index (χ0n) is 38.4. The van der Waals surface area contributed by atoms with Gasteiger partial charge in [-0.25, -0.2) is 0 Å². The Kier molecular flexibility index (Phi) is 8.72. The lowest BCUT2D eigenvalue weighted by molar-refractivity contribution is 0.259. The normalized spacial score (nSPS) is 15.2. The van der Waals surface area contributed by atoms with Gasteiger partial charge in [-0.05, 0) is 95.1 Å². The zero-order valence-corrected chi connectivity index (χ0v) is 38.4. The van der Waals surface area contributed by atoms with Crippen LogP contribution in [0.3, 0.4) is 0 Å². The van der Waals surface area contributed by atoms with E-state index < -0.39 is 0 Å². The lowest BCUT2D eigenvalue weighted by Gasteiger charge is -2.28. The van der Waals surface area contributed by atoms with Crippen molar-refractivity contribution in [1.29, 1.82) is 0 Å². The molecule has 15 rings (SSSR count). The number of para-hydroxylation sites is 5. The largest absolute Gasteiger partial charge is 0.483 e. The van der Waals surface area contributed by atoms with Crippen molar-refractivity contribution >= 4 is 88.3 Å². The van der Waals surface area contributed by atoms with Gasteiger partial charge in [0.15, 0.2) is 5.58 Å². The first kappa shape index (κ1) is 39.7. The van der Waals surface area contributed by atoms with E-state index in [0.29, 0.717) is 0 Å². The zero-order chi connectivity index (χ0) is 46.6. The van der Waals surface area contributed by atoms with Crippen LogP contribution in [0.4, 0.5) is 17.1 Å². The molecule has 0 radical (unpaired) electrons. The van der Waals surface area contributed by atoms with E-state index in [1.54, 1.807) is 0 Å². The SMILES string of the molecule is C1=CC(c2cccc(N(c3ccc(-c4ccc5c(c4)oc4ccccc45)cc3)c3ccc4c(c3)oc3c(-n5c6ccccc6c6ccccc65)cccc34)c2)C2Oc3c(cccc3-c3ccccc3)C2=C1. The molecule has 334 valence electrons. The molecule has 4 heterocycles. The van der Waals surface area contributed by atoms with E-state index >= 15 is 0 Å². The van der Waals surface area contributed by atoms with E-state index in [4.69, 9.17) is 13.6 Å². The molecule has 0 spiro atoms. The fraction of sp³-hybridized carbons (Fsp3) is 0.0303. The highest BCUT2D eigenvalue weighted by molar-refractivity contribution is 6.13. The molecular weight excluding hydrogens is 869 g/mol. The van der Waals surface area contributed by atoms with Crippen LogP contribution >= 0.6 is 0 Å². The molecule has 71 heavy (non-hydrogen) atoms. The maximum Gasteiger partial charge on any atom is 0.159 e. The molecule has 0 bridgehead atoms. The lowest BCUT2D eigenvalue weighted by atomic mass is 9.83. The standard InChI is InChI=1S/C66H42N2O3/c1-2-14-42(15-3-1)48-21-11-23-56-57-24-12-22-49(65(57)71-64(48)56)44-16-10-17-46(38-44)67(45-33-30-41(31-34-45)43-32-36-53-52-20-6-9-29-61(52)69-62(53)39-43)47-35-37-54-55-25-13-28-60(66(55)70-63(54)40-47)68-58-26-7-4-18-50(58)51-19-5-8-27-59(51)68/h1-40,49,65H. The first-order valence-corrected chi connectivity index (χ1v) is 24.3. The fourth-order valence-corrected chi connectivity index (χ4v) is 11.5. The van der Waals surface area contributed by atoms with Crippen LogP contribution in [-0.2, 0) is 0 Å². The quantitative estimate of drug-likeness (QED) is 0.160. The highest BCUT2D eigenvalue weighted by Gasteiger charge is 2.37. The van der Waals surface area contributed by atoms with Crippen LogP contribution in [0.1, 0.15) is 17.0 Å². The average Bonchev–Trinajstić information content (AvgIpc) is 4.20. The lowest BCUT2D eigenvalue weighted by Crippen LogP contribution is -2.23. The number of hydrogen-bond acceptors (Lipinski definition) is 4. The number of anilines is 3. The second-order valence-corrected chi connectivity index (χ2v) is 18.7. The fourth-order valence-electron chi connectivity index (χ4n) is 11.5. The first-order valence-electron chi connectivity index (χ1n) is 24.3. The van der Waals surface area contributed by atoms with Crippen molar-refractivity contribution in [3.8, 4) is 33.7 Å². The maximum atomic E-state index is 7.05. The van der Waals surface area contributed by atoms with Gasteiger partial charge in [-0.15, -0.1) is 0 Å². The van der Waals surface area contributed by atoms with Gasteiger partial charge in [0, 0.05) is 78.1 Å². The molecule has 0 N–H and O–H groups in total. The van der Waals surface area contributed by atoms with E-state index in [0.717, 1.165) is 111 Å². The summed E-state index contributed by atoms with van der Waals surface area (Å²) in [6.07, 6.45) is 6.54. The van der Waals surface area contributed by atoms with E-state index in [-0.39, 0.29) is 12.0 Å². The van der Waals surface area contributed by atoms with Crippen LogP contribution in [0.5, 0.6) is 5.75 Å². The Hall–Kier alpha value is -9.32. The Morgan fingerprint density at radius 3 is 1.89 bits per heavy atom. The average molecular weight is 911 g/mol. The number of rotatable bonds is 7. The molecule has 2 unspecified atom stereocenters. The van der Waals surface area contributed by atoms with Gasteiger partial charge in [0.05, 0.1) is 16.7 Å². The minimum Gasteiger partial charge on any atom is -0.483 e. The molecule has 0 saturated heterocycles. The summed E-state index contributed by atoms with van der Waals surface area (Å²) in [5.74, 6) is 0.932. The van der Waals surface area contributed by atoms with E-state index in [1.807, 2.05) is 12.1 Å². The van der Waals surface area contributed by atoms with Crippen LogP contribution in [0.15, 0.2) is 252 Å². The molecule has 5 heteroatoms. The molecule has 1 aliphatic heterocycles. The molecule has 3 aromatic heterocycles. The molecule has 0 amide bonds. The van der Waals surface area contributed by atoms with Crippen molar-refractivity contribution in [1.82, 2.24) is 4.57 Å². The smallest absolute Gasteiger partial charge is 0.159 e. The molecule has 5 nitrogen and oxygen atoms in total. The predicted octanol–water partition coefficient (Wildman–Crippen LogP) is 17.9. The van der Waals surface area contributed by atoms with Crippen molar-refractivity contribution in [3.05, 3.63) is 254 Å². The van der Waals surface area contributed by atoms with E-state index in [1.165, 1.54) is 21.9 Å². The number of fused-ring (bicyclic) bond motifs is 12. The molecule has 13 aromatic rings. The number of hydrogen-bond donors (Lipinski definition) is 0. The number of ether oxygens (including phenoxy) is 1. The highest BCUT2D eigenvalue weighted by Crippen LogP contribution is 2.50. The minimum atomic E-state index is -0.164. The van der Waals surface area contributed by atoms with Crippen molar-refractivity contribution in [3.63, 3.8) is 0 Å². The Morgan fingerprint density at radius 1 is 0.408 bits per heavy atom. The summed E-state index contributed by atoms with van der Waals surface area (Å²) >= 11 is 0. The number of aromatic nitrogens is 1. The van der Waals surface area contributed by atoms with Gasteiger partial charge in [-0.2, -0.15) is 0 Å². The number of allylic oxidation sites excluding steroid dienone is 2. The third-order valence-electron chi connectivity index (χ3n) is 14.8. The Bertz CT molecular complexity index is 4290. The van der Waals surface area contributed by atoms with Crippen molar-refractivity contribution in [2.45, 2.75) is 12.0 Å². The van der Waals surface area contributed by atoms with Gasteiger partial charge in [0.2, 0.25) is 0 Å². The topological polar surface area (TPSA) is 43.7 Å². The predicted molar refractivity (Wildman–Crippen MR) is 292 cm³/mol. The molecule has 10 aromatic carbocycles. The molecular formula is C66H42N2O3. The summed E-state index contributed by atoms with van der Waals surface area (Å²) in [5.41, 5.74) is 17.8. The number of nitrogens with zero attached hydrogens (tertiary/aromatic N) is 2. The van der Waals surface area contributed by atoms with Crippen LogP contribution in [0, 0.1) is 0 Å². The van der Waals surface area contributed by atoms with Crippen molar-refractivity contribution < 1.29 is 13.6 Å². The summed E-state index contributed by atoms with van der Waals surface area (Å²) in [6, 6.07) is 80.0. The third kappa shape index (κ3) is 6.19. The van der Waals surface area contributed by atoms with Crippen molar-refractivity contribution in [2.75, 3.05) is 4.90 Å². The summed E-state index contributed by atoms with van der Waals surface area (Å²) in [7, 11) is 0. The number of furan rings is 2. The Balaban J connectivity index is 0.852. The van der Waals surface area contributed by atoms with Gasteiger partial charge in [0.25, 0.3) is 0 Å². The van der Waals surface area contributed by atoms with E-state index in [9.17, 15) is 0 Å². The van der Waals surface area contributed by atoms with Crippen LogP contribution in [-0.4, -0.2) is 10.7 Å². The molecule has 0 fully saturated rings. The molecule has 0 saturated carbocycles. The Labute approximate surface area is 409 Å². The second kappa shape index (κ2) is 15.6. The Morgan fingerprint density at radius 2 is 1.04 bits per heavy atom. The third-order valence-corrected chi connectivity index (χ3v) is 14.8. The van der Waals surface area contributed by atoms with Gasteiger partial charge in [-0.3, -0.25) is 0 Å². The van der Waals surface area contributed by atoms with Gasteiger partial charge in [-0.1, -0.05) is 164 Å². The second-order valence-electron chi connectivity index (χ2n) is 18.7. The van der Waals surface area contributed by atoms with E-state index in [2.05, 4.69) is 240 Å². The highest BCUT2D eigenvalue weighted by atomic mass is 16.5. The molecule has 1 aliphatic carbocycles. The summed E-state index contributed by atoms with van der Waals surface area (Å²) in [6.45, 7) is 0. The molecule has 2 atom stereocenters. The van der Waals surface area contributed by atoms with Gasteiger partial charge in [0.1, 0.15) is 28.6 Å². The van der Waals surface area contributed by atoms with Crippen LogP contribution in [0.25, 0.3) is 99.2 Å². The summed E-state index contributed by atoms with van der Waals surface area (Å²) < 4.78 is 22.7. The van der Waals surface area contributed by atoms with Gasteiger partial charge < -0.3 is 23.0 Å². The maximum absolute atomic E-state index is 7.05. The summed E-state index contributed by atoms with van der Waals surface area (Å²) in [4.78, 5) is 2.34. The summed E-state index contributed by atoms with van der Waals surface area (Å²) in [5, 5.41) is 6.82. The minimum absolute atomic E-state index is 0.0134. The number of benzene rings is 10. The first-order chi connectivity index (χ1) is 35.2. The van der Waals surface area contributed by atoms with Crippen LogP contribution < -0.4 is 9.64 Å². The van der Waals surface area contributed by atoms with Crippen molar-refractivity contribution in [2.24, 2.45) is 0 Å². The van der Waals surface area contributed by atoms with Gasteiger partial charge >= 0.3 is 0 Å².